The van der Waals surface area contributed by atoms with Crippen LogP contribution >= 0.6 is 0 Å². The summed E-state index contributed by atoms with van der Waals surface area (Å²) < 4.78 is 0. The molecule has 2 aromatic carbocycles. The lowest BCUT2D eigenvalue weighted by atomic mass is 9.82. The van der Waals surface area contributed by atoms with Crippen LogP contribution in [0.3, 0.4) is 0 Å². The number of nitrogens with zero attached hydrogens (tertiary/aromatic N) is 2. The maximum Gasteiger partial charge on any atom is 0.291 e. The Morgan fingerprint density at radius 1 is 1.10 bits per heavy atom. The predicted octanol–water partition coefficient (Wildman–Crippen LogP) is 5.18. The van der Waals surface area contributed by atoms with Crippen molar-refractivity contribution in [2.24, 2.45) is 16.0 Å². The van der Waals surface area contributed by atoms with Crippen LogP contribution in [0.5, 0.6) is 0 Å². The Morgan fingerprint density at radius 3 is 2.62 bits per heavy atom. The highest BCUT2D eigenvalue weighted by atomic mass is 16.2. The standard InChI is InChI=1S/C24H25N3O2/c1-15(12-22-20-10-2-3-11-21(20)24(29)27-26-22)16-6-4-7-17(13-16)18-8-5-9-19(14-18)23(25)28/h4-9,13-15,22H,2-3,10-12H2,1H3,(H2,25,28). The first-order chi connectivity index (χ1) is 14.0. The first-order valence-corrected chi connectivity index (χ1v) is 10.2. The van der Waals surface area contributed by atoms with Gasteiger partial charge < -0.3 is 5.73 Å². The van der Waals surface area contributed by atoms with Gasteiger partial charge in [0.15, 0.2) is 0 Å². The third-order valence-corrected chi connectivity index (χ3v) is 5.97. The minimum absolute atomic E-state index is 0.000143. The molecule has 5 heteroatoms. The fourth-order valence-corrected chi connectivity index (χ4v) is 4.33. The van der Waals surface area contributed by atoms with Crippen LogP contribution < -0.4 is 5.73 Å². The Morgan fingerprint density at radius 2 is 1.83 bits per heavy atom. The van der Waals surface area contributed by atoms with E-state index in [1.165, 1.54) is 11.1 Å². The average molecular weight is 387 g/mol. The highest BCUT2D eigenvalue weighted by Gasteiger charge is 2.30. The van der Waals surface area contributed by atoms with E-state index in [9.17, 15) is 9.59 Å². The van der Waals surface area contributed by atoms with Gasteiger partial charge in [0, 0.05) is 11.1 Å². The van der Waals surface area contributed by atoms with Gasteiger partial charge in [-0.15, -0.1) is 5.11 Å². The topological polar surface area (TPSA) is 84.9 Å². The molecule has 1 aliphatic heterocycles. The van der Waals surface area contributed by atoms with E-state index in [1.807, 2.05) is 30.3 Å². The normalized spacial score (nSPS) is 19.8. The Bertz CT molecular complexity index is 1020. The molecule has 4 rings (SSSR count). The fraction of sp³-hybridized carbons (Fsp3) is 0.333. The Hall–Kier alpha value is -3.08. The Kier molecular flexibility index (Phi) is 5.38. The van der Waals surface area contributed by atoms with Crippen LogP contribution in [-0.2, 0) is 4.79 Å². The first-order valence-electron chi connectivity index (χ1n) is 10.2. The van der Waals surface area contributed by atoms with Crippen molar-refractivity contribution >= 4 is 11.8 Å². The van der Waals surface area contributed by atoms with Crippen LogP contribution in [0.25, 0.3) is 11.1 Å². The number of nitrogens with two attached hydrogens (primary N) is 1. The molecule has 2 aliphatic rings. The van der Waals surface area contributed by atoms with Crippen molar-refractivity contribution < 1.29 is 9.59 Å². The molecule has 5 nitrogen and oxygen atoms in total. The molecular weight excluding hydrogens is 362 g/mol. The summed E-state index contributed by atoms with van der Waals surface area (Å²) in [5.41, 5.74) is 11.3. The molecule has 2 unspecified atom stereocenters. The number of primary amides is 1. The minimum Gasteiger partial charge on any atom is -0.366 e. The number of hydrogen-bond donors (Lipinski definition) is 1. The van der Waals surface area contributed by atoms with Crippen LogP contribution in [0.2, 0.25) is 0 Å². The third-order valence-electron chi connectivity index (χ3n) is 5.97. The Balaban J connectivity index is 1.56. The molecule has 1 aliphatic carbocycles. The van der Waals surface area contributed by atoms with Gasteiger partial charge in [-0.1, -0.05) is 43.3 Å². The maximum absolute atomic E-state index is 12.1. The van der Waals surface area contributed by atoms with Crippen molar-refractivity contribution in [3.05, 3.63) is 70.8 Å². The van der Waals surface area contributed by atoms with Gasteiger partial charge in [-0.3, -0.25) is 9.59 Å². The van der Waals surface area contributed by atoms with E-state index in [1.54, 1.807) is 6.07 Å². The van der Waals surface area contributed by atoms with Crippen molar-refractivity contribution in [1.82, 2.24) is 0 Å². The molecule has 0 saturated heterocycles. The smallest absolute Gasteiger partial charge is 0.291 e. The summed E-state index contributed by atoms with van der Waals surface area (Å²) in [6.45, 7) is 2.19. The van der Waals surface area contributed by atoms with E-state index in [4.69, 9.17) is 5.73 Å². The number of azo groups is 1. The molecule has 1 heterocycles. The van der Waals surface area contributed by atoms with Crippen LogP contribution in [0.1, 0.15) is 60.9 Å². The monoisotopic (exact) mass is 387 g/mol. The van der Waals surface area contributed by atoms with Gasteiger partial charge in [-0.25, -0.2) is 0 Å². The average Bonchev–Trinajstić information content (AvgIpc) is 2.76. The van der Waals surface area contributed by atoms with Crippen molar-refractivity contribution in [1.29, 1.82) is 0 Å². The van der Waals surface area contributed by atoms with Gasteiger partial charge in [0.1, 0.15) is 0 Å². The zero-order chi connectivity index (χ0) is 20.4. The zero-order valence-corrected chi connectivity index (χ0v) is 16.6. The number of rotatable bonds is 5. The number of carbonyl (C=O) groups is 2. The van der Waals surface area contributed by atoms with Gasteiger partial charge in [0.05, 0.1) is 6.04 Å². The number of carbonyl (C=O) groups excluding carboxylic acids is 2. The molecular formula is C24H25N3O2. The van der Waals surface area contributed by atoms with E-state index in [2.05, 4.69) is 29.3 Å². The summed E-state index contributed by atoms with van der Waals surface area (Å²) in [5, 5.41) is 8.26. The van der Waals surface area contributed by atoms with E-state index in [0.717, 1.165) is 48.8 Å². The summed E-state index contributed by atoms with van der Waals surface area (Å²) in [7, 11) is 0. The summed E-state index contributed by atoms with van der Waals surface area (Å²) in [6, 6.07) is 15.7. The zero-order valence-electron chi connectivity index (χ0n) is 16.6. The van der Waals surface area contributed by atoms with Gasteiger partial charge in [-0.2, -0.15) is 5.11 Å². The molecule has 2 aromatic rings. The maximum atomic E-state index is 12.1. The van der Waals surface area contributed by atoms with E-state index in [-0.39, 0.29) is 17.9 Å². The van der Waals surface area contributed by atoms with Gasteiger partial charge in [0.2, 0.25) is 5.91 Å². The molecule has 148 valence electrons. The number of amides is 2. The summed E-state index contributed by atoms with van der Waals surface area (Å²) in [5.74, 6) is -0.299. The predicted molar refractivity (Wildman–Crippen MR) is 113 cm³/mol. The lowest BCUT2D eigenvalue weighted by Gasteiger charge is -2.27. The van der Waals surface area contributed by atoms with E-state index < -0.39 is 5.91 Å². The van der Waals surface area contributed by atoms with Crippen molar-refractivity contribution in [2.75, 3.05) is 0 Å². The fourth-order valence-electron chi connectivity index (χ4n) is 4.33. The lowest BCUT2D eigenvalue weighted by Crippen LogP contribution is -2.22. The largest absolute Gasteiger partial charge is 0.366 e. The second-order valence-electron chi connectivity index (χ2n) is 7.95. The molecule has 0 fully saturated rings. The van der Waals surface area contributed by atoms with Crippen molar-refractivity contribution in [3.63, 3.8) is 0 Å². The Labute approximate surface area is 170 Å². The van der Waals surface area contributed by atoms with Crippen LogP contribution in [0.4, 0.5) is 0 Å². The SMILES string of the molecule is CC(CC1N=NC(=O)C2=C1CCCC2)c1cccc(-c2cccc(C(N)=O)c2)c1. The third kappa shape index (κ3) is 4.04. The van der Waals surface area contributed by atoms with Crippen LogP contribution in [-0.4, -0.2) is 17.9 Å². The molecule has 0 aromatic heterocycles. The minimum atomic E-state index is -0.426. The molecule has 2 N–H and O–H groups in total. The molecule has 0 radical (unpaired) electrons. The number of benzene rings is 2. The van der Waals surface area contributed by atoms with Gasteiger partial charge in [0.25, 0.3) is 5.91 Å². The van der Waals surface area contributed by atoms with Gasteiger partial charge >= 0.3 is 0 Å². The van der Waals surface area contributed by atoms with E-state index in [0.29, 0.717) is 5.56 Å². The quantitative estimate of drug-likeness (QED) is 0.767. The molecule has 0 bridgehead atoms. The van der Waals surface area contributed by atoms with Crippen LogP contribution in [0, 0.1) is 0 Å². The van der Waals surface area contributed by atoms with Crippen molar-refractivity contribution in [2.45, 2.75) is 51.0 Å². The summed E-state index contributed by atoms with van der Waals surface area (Å²) >= 11 is 0. The molecule has 0 spiro atoms. The van der Waals surface area contributed by atoms with Crippen molar-refractivity contribution in [3.8, 4) is 11.1 Å². The molecule has 29 heavy (non-hydrogen) atoms. The molecule has 2 atom stereocenters. The second-order valence-corrected chi connectivity index (χ2v) is 7.95. The highest BCUT2D eigenvalue weighted by Crippen LogP contribution is 2.37. The highest BCUT2D eigenvalue weighted by molar-refractivity contribution is 5.95. The summed E-state index contributed by atoms with van der Waals surface area (Å²) in [4.78, 5) is 23.5. The first kappa shape index (κ1) is 19.2. The second kappa shape index (κ2) is 8.11. The lowest BCUT2D eigenvalue weighted by molar-refractivity contribution is -0.115. The van der Waals surface area contributed by atoms with Gasteiger partial charge in [-0.05, 0) is 72.4 Å². The van der Waals surface area contributed by atoms with Crippen LogP contribution in [0.15, 0.2) is 69.9 Å². The van der Waals surface area contributed by atoms with E-state index >= 15 is 0 Å². The summed E-state index contributed by atoms with van der Waals surface area (Å²) in [6.07, 6.45) is 4.81. The molecule has 0 saturated carbocycles. The molecule has 2 amide bonds. The number of hydrogen-bond acceptors (Lipinski definition) is 3.